The van der Waals surface area contributed by atoms with E-state index in [0.717, 1.165) is 20.9 Å². The first-order chi connectivity index (χ1) is 20.7. The van der Waals surface area contributed by atoms with Crippen molar-refractivity contribution in [3.8, 4) is 23.2 Å². The van der Waals surface area contributed by atoms with Crippen LogP contribution in [0.15, 0.2) is 49.3 Å². The van der Waals surface area contributed by atoms with E-state index in [2.05, 4.69) is 52.5 Å². The largest absolute Gasteiger partial charge is 0.370 e. The van der Waals surface area contributed by atoms with Gasteiger partial charge in [0.1, 0.15) is 11.6 Å². The summed E-state index contributed by atoms with van der Waals surface area (Å²) in [6.45, 7) is 1.02. The maximum atomic E-state index is 12.7. The van der Waals surface area contributed by atoms with Crippen LogP contribution in [0.5, 0.6) is 0 Å². The fourth-order valence-corrected chi connectivity index (χ4v) is 6.33. The number of hydrogen-bond acceptors (Lipinski definition) is 10. The average molecular weight is 609 g/mol. The monoisotopic (exact) mass is 608 g/mol. The van der Waals surface area contributed by atoms with Crippen LogP contribution in [0.25, 0.3) is 11.4 Å². The zero-order chi connectivity index (χ0) is 30.0. The van der Waals surface area contributed by atoms with Crippen LogP contribution < -0.4 is 15.5 Å². The van der Waals surface area contributed by atoms with Crippen molar-refractivity contribution in [2.24, 2.45) is 7.05 Å². The maximum Gasteiger partial charge on any atom is 0.256 e. The Morgan fingerprint density at radius 2 is 1.84 bits per heavy atom. The fraction of sp³-hybridized carbons (Fsp3) is 0.393. The SMILES string of the molecule is Cn1cc(C#Cc2cnc(Nc3ccnc(-c4cnn(S(=O)(=O)C5CC5)c4)n3)cc2N2CCC(NCC(F)F)CC2)cn1. The molecule has 2 N–H and O–H groups in total. The summed E-state index contributed by atoms with van der Waals surface area (Å²) in [6.07, 6.45) is 9.98. The predicted molar refractivity (Wildman–Crippen MR) is 157 cm³/mol. The molecular formula is C28H30F2N10O2S. The molecule has 4 aromatic rings. The molecule has 12 nitrogen and oxygen atoms in total. The molecule has 1 aliphatic carbocycles. The minimum Gasteiger partial charge on any atom is -0.370 e. The Balaban J connectivity index is 1.23. The van der Waals surface area contributed by atoms with Gasteiger partial charge in [-0.3, -0.25) is 4.68 Å². The molecule has 1 saturated carbocycles. The highest BCUT2D eigenvalue weighted by Gasteiger charge is 2.37. The Morgan fingerprint density at radius 1 is 1.02 bits per heavy atom. The quantitative estimate of drug-likeness (QED) is 0.273. The van der Waals surface area contributed by atoms with E-state index < -0.39 is 16.4 Å². The van der Waals surface area contributed by atoms with Crippen LogP contribution in [0.3, 0.4) is 0 Å². The van der Waals surface area contributed by atoms with Crippen LogP contribution in [0.2, 0.25) is 0 Å². The zero-order valence-electron chi connectivity index (χ0n) is 23.4. The molecule has 1 aliphatic heterocycles. The summed E-state index contributed by atoms with van der Waals surface area (Å²) in [7, 11) is -1.67. The highest BCUT2D eigenvalue weighted by molar-refractivity contribution is 7.90. The summed E-state index contributed by atoms with van der Waals surface area (Å²) in [5.41, 5.74) is 2.83. The third-order valence-corrected chi connectivity index (χ3v) is 9.30. The molecule has 6 rings (SSSR count). The first-order valence-corrected chi connectivity index (χ1v) is 15.4. The number of rotatable bonds is 9. The molecule has 43 heavy (non-hydrogen) atoms. The van der Waals surface area contributed by atoms with Crippen molar-refractivity contribution in [1.29, 1.82) is 0 Å². The van der Waals surface area contributed by atoms with Crippen molar-refractivity contribution in [2.75, 3.05) is 29.9 Å². The smallest absolute Gasteiger partial charge is 0.256 e. The van der Waals surface area contributed by atoms with Gasteiger partial charge in [0.2, 0.25) is 0 Å². The van der Waals surface area contributed by atoms with E-state index in [1.54, 1.807) is 29.3 Å². The van der Waals surface area contributed by atoms with E-state index in [4.69, 9.17) is 0 Å². The molecule has 0 spiro atoms. The molecule has 2 fully saturated rings. The highest BCUT2D eigenvalue weighted by atomic mass is 32.2. The lowest BCUT2D eigenvalue weighted by Gasteiger charge is -2.34. The molecule has 5 heterocycles. The van der Waals surface area contributed by atoms with Gasteiger partial charge in [0.25, 0.3) is 16.4 Å². The van der Waals surface area contributed by atoms with Gasteiger partial charge in [-0.1, -0.05) is 11.8 Å². The van der Waals surface area contributed by atoms with Crippen LogP contribution in [0.4, 0.5) is 26.1 Å². The molecule has 0 bridgehead atoms. The van der Waals surface area contributed by atoms with Crippen molar-refractivity contribution in [3.63, 3.8) is 0 Å². The summed E-state index contributed by atoms with van der Waals surface area (Å²) in [5, 5.41) is 14.0. The lowest BCUT2D eigenvalue weighted by atomic mass is 10.0. The summed E-state index contributed by atoms with van der Waals surface area (Å²) < 4.78 is 53.1. The first-order valence-electron chi connectivity index (χ1n) is 13.9. The second-order valence-electron chi connectivity index (χ2n) is 10.5. The lowest BCUT2D eigenvalue weighted by molar-refractivity contribution is 0.139. The Kier molecular flexibility index (Phi) is 8.04. The van der Waals surface area contributed by atoms with Crippen LogP contribution >= 0.6 is 0 Å². The van der Waals surface area contributed by atoms with Gasteiger partial charge in [-0.15, -0.1) is 0 Å². The summed E-state index contributed by atoms with van der Waals surface area (Å²) in [5.74, 6) is 7.65. The minimum atomic E-state index is -3.50. The normalized spacial score (nSPS) is 15.9. The van der Waals surface area contributed by atoms with E-state index in [0.29, 0.717) is 61.8 Å². The number of halogens is 2. The first kappa shape index (κ1) is 28.7. The van der Waals surface area contributed by atoms with Crippen molar-refractivity contribution in [2.45, 2.75) is 43.4 Å². The number of alkyl halides is 2. The molecule has 0 unspecified atom stereocenters. The van der Waals surface area contributed by atoms with Crippen molar-refractivity contribution >= 4 is 27.3 Å². The topological polar surface area (TPSA) is 136 Å². The standard InChI is InChI=1S/C28H30F2N10O2S/c1-38-17-19(13-34-38)2-3-20-14-33-27(12-24(20)39-10-7-22(8-11-39)32-16-25(29)30)36-26-6-9-31-28(37-26)21-15-35-40(18-21)43(41,42)23-4-5-23/h6,9,12-15,17-18,22-23,25,32H,4-5,7-8,10-11,16H2,1H3,(H,31,33,36,37). The molecule has 15 heteroatoms. The van der Waals surface area contributed by atoms with E-state index >= 15 is 0 Å². The van der Waals surface area contributed by atoms with Crippen LogP contribution in [0.1, 0.15) is 36.8 Å². The molecule has 0 atom stereocenters. The van der Waals surface area contributed by atoms with Gasteiger partial charge in [0.05, 0.1) is 52.8 Å². The summed E-state index contributed by atoms with van der Waals surface area (Å²) in [4.78, 5) is 15.6. The molecular weight excluding hydrogens is 578 g/mol. The Bertz CT molecular complexity index is 1770. The predicted octanol–water partition coefficient (Wildman–Crippen LogP) is 2.78. The molecule has 0 aromatic carbocycles. The Morgan fingerprint density at radius 3 is 2.56 bits per heavy atom. The van der Waals surface area contributed by atoms with E-state index in [1.165, 1.54) is 12.4 Å². The number of hydrogen-bond donors (Lipinski definition) is 2. The number of piperidine rings is 1. The van der Waals surface area contributed by atoms with Gasteiger partial charge in [-0.05, 0) is 31.7 Å². The molecule has 0 amide bonds. The van der Waals surface area contributed by atoms with E-state index in [1.807, 2.05) is 19.3 Å². The number of nitrogens with zero attached hydrogens (tertiary/aromatic N) is 8. The second-order valence-corrected chi connectivity index (χ2v) is 12.6. The van der Waals surface area contributed by atoms with E-state index in [-0.39, 0.29) is 17.8 Å². The Hall–Kier alpha value is -4.42. The van der Waals surface area contributed by atoms with Crippen LogP contribution in [-0.2, 0) is 17.1 Å². The summed E-state index contributed by atoms with van der Waals surface area (Å²) in [6, 6.07) is 3.60. The van der Waals surface area contributed by atoms with Crippen LogP contribution in [0, 0.1) is 11.8 Å². The van der Waals surface area contributed by atoms with Crippen molar-refractivity contribution in [1.82, 2.24) is 39.2 Å². The maximum absolute atomic E-state index is 12.7. The third-order valence-electron chi connectivity index (χ3n) is 7.26. The molecule has 224 valence electrons. The van der Waals surface area contributed by atoms with E-state index in [9.17, 15) is 17.2 Å². The van der Waals surface area contributed by atoms with Crippen molar-refractivity contribution < 1.29 is 17.2 Å². The summed E-state index contributed by atoms with van der Waals surface area (Å²) >= 11 is 0. The molecule has 4 aromatic heterocycles. The fourth-order valence-electron chi connectivity index (χ4n) is 4.85. The number of aromatic nitrogens is 7. The molecule has 2 aliphatic rings. The van der Waals surface area contributed by atoms with Gasteiger partial charge in [-0.25, -0.2) is 32.2 Å². The van der Waals surface area contributed by atoms with Crippen LogP contribution in [-0.4, -0.2) is 79.7 Å². The minimum absolute atomic E-state index is 0.0256. The Labute approximate surface area is 247 Å². The zero-order valence-corrected chi connectivity index (χ0v) is 24.2. The number of pyridine rings is 1. The lowest BCUT2D eigenvalue weighted by Crippen LogP contribution is -2.44. The highest BCUT2D eigenvalue weighted by Crippen LogP contribution is 2.31. The van der Waals surface area contributed by atoms with Gasteiger partial charge in [0.15, 0.2) is 5.82 Å². The van der Waals surface area contributed by atoms with Crippen molar-refractivity contribution in [3.05, 3.63) is 60.4 Å². The van der Waals surface area contributed by atoms with Gasteiger partial charge < -0.3 is 15.5 Å². The third kappa shape index (κ3) is 6.81. The average Bonchev–Trinajstić information content (AvgIpc) is 3.60. The number of nitrogens with one attached hydrogen (secondary N) is 2. The van der Waals surface area contributed by atoms with Gasteiger partial charge >= 0.3 is 0 Å². The number of anilines is 3. The van der Waals surface area contributed by atoms with Gasteiger partial charge in [0, 0.05) is 50.8 Å². The number of aryl methyl sites for hydroxylation is 1. The molecule has 0 radical (unpaired) electrons. The van der Waals surface area contributed by atoms with Gasteiger partial charge in [-0.2, -0.15) is 14.3 Å². The second kappa shape index (κ2) is 12.1. The molecule has 1 saturated heterocycles.